The van der Waals surface area contributed by atoms with E-state index in [2.05, 4.69) is 31.0 Å². The van der Waals surface area contributed by atoms with Gasteiger partial charge in [0, 0.05) is 30.1 Å². The Labute approximate surface area is 221 Å². The minimum Gasteiger partial charge on any atom is -0.494 e. The van der Waals surface area contributed by atoms with Crippen molar-refractivity contribution >= 4 is 34.9 Å². The Morgan fingerprint density at radius 3 is 2.82 bits per heavy atom. The van der Waals surface area contributed by atoms with Crippen LogP contribution in [-0.2, 0) is 16.1 Å². The standard InChI is InChI=1S/C24H25N9O5/c1-26-23(36)20-16(11-17(30-31-20)28-22(35)13-7-8-13)27-15-6-4-5-14(21(15)37-3)24-29-18(32-38-24)12-33(2)19(34)9-10-25/h4-6,11,13H,7-9,12H2,1-3H3,(H,26,36)(H2,27,28,30,35)/i1D3. The number of hydrogen-bond acceptors (Lipinski definition) is 11. The van der Waals surface area contributed by atoms with E-state index in [-0.39, 0.29) is 59.5 Å². The molecule has 4 rings (SSSR count). The summed E-state index contributed by atoms with van der Waals surface area (Å²) in [6, 6.07) is 8.03. The number of nitriles is 1. The van der Waals surface area contributed by atoms with Gasteiger partial charge in [0.25, 0.3) is 11.8 Å². The van der Waals surface area contributed by atoms with Crippen LogP contribution in [0.25, 0.3) is 11.5 Å². The molecule has 0 spiro atoms. The van der Waals surface area contributed by atoms with Crippen molar-refractivity contribution in [3.05, 3.63) is 35.8 Å². The summed E-state index contributed by atoms with van der Waals surface area (Å²) in [6.45, 7) is -2.78. The SMILES string of the molecule is [2H]C([2H])([2H])NC(=O)c1nnc(NC(=O)C2CC2)cc1Nc1cccc(-c2nc(CN(C)C(=O)CC#N)no2)c1OC. The fourth-order valence-corrected chi connectivity index (χ4v) is 3.45. The molecule has 196 valence electrons. The van der Waals surface area contributed by atoms with E-state index in [9.17, 15) is 14.4 Å². The van der Waals surface area contributed by atoms with Crippen LogP contribution in [0.1, 0.15) is 39.7 Å². The van der Waals surface area contributed by atoms with Gasteiger partial charge in [-0.3, -0.25) is 14.4 Å². The molecule has 0 aliphatic heterocycles. The number of rotatable bonds is 10. The maximum absolute atomic E-state index is 12.7. The van der Waals surface area contributed by atoms with Crippen LogP contribution in [0.2, 0.25) is 0 Å². The topological polar surface area (TPSA) is 188 Å². The monoisotopic (exact) mass is 522 g/mol. The van der Waals surface area contributed by atoms with Crippen molar-refractivity contribution in [2.75, 3.05) is 31.8 Å². The van der Waals surface area contributed by atoms with Gasteiger partial charge in [-0.05, 0) is 25.0 Å². The molecule has 3 N–H and O–H groups in total. The predicted molar refractivity (Wildman–Crippen MR) is 133 cm³/mol. The summed E-state index contributed by atoms with van der Waals surface area (Å²) in [4.78, 5) is 42.5. The number of aromatic nitrogens is 4. The molecule has 3 amide bonds. The number of nitrogens with one attached hydrogen (secondary N) is 3. The predicted octanol–water partition coefficient (Wildman–Crippen LogP) is 1.86. The lowest BCUT2D eigenvalue weighted by atomic mass is 10.1. The van der Waals surface area contributed by atoms with E-state index in [1.807, 2.05) is 5.32 Å². The molecule has 1 saturated carbocycles. The summed E-state index contributed by atoms with van der Waals surface area (Å²) in [5.74, 6) is -1.25. The lowest BCUT2D eigenvalue weighted by molar-refractivity contribution is -0.129. The number of ether oxygens (including phenoxy) is 1. The number of benzene rings is 1. The Hall–Kier alpha value is -5.06. The smallest absolute Gasteiger partial charge is 0.273 e. The Morgan fingerprint density at radius 2 is 2.11 bits per heavy atom. The minimum atomic E-state index is -2.78. The molecule has 0 radical (unpaired) electrons. The third-order valence-corrected chi connectivity index (χ3v) is 5.54. The number of para-hydroxylation sites is 1. The van der Waals surface area contributed by atoms with E-state index in [1.54, 1.807) is 24.3 Å². The molecule has 14 heteroatoms. The van der Waals surface area contributed by atoms with Gasteiger partial charge in [-0.2, -0.15) is 10.2 Å². The molecule has 38 heavy (non-hydrogen) atoms. The zero-order valence-corrected chi connectivity index (χ0v) is 20.4. The van der Waals surface area contributed by atoms with Crippen LogP contribution >= 0.6 is 0 Å². The molecule has 2 aromatic heterocycles. The van der Waals surface area contributed by atoms with Crippen molar-refractivity contribution in [1.82, 2.24) is 30.6 Å². The van der Waals surface area contributed by atoms with Crippen LogP contribution in [0, 0.1) is 17.2 Å². The van der Waals surface area contributed by atoms with Crippen LogP contribution in [0.4, 0.5) is 17.2 Å². The summed E-state index contributed by atoms with van der Waals surface area (Å²) in [5.41, 5.74) is 0.358. The van der Waals surface area contributed by atoms with Crippen molar-refractivity contribution in [2.24, 2.45) is 5.92 Å². The van der Waals surface area contributed by atoms with Crippen LogP contribution in [0.15, 0.2) is 28.8 Å². The molecule has 0 saturated heterocycles. The zero-order valence-electron chi connectivity index (χ0n) is 23.4. The van der Waals surface area contributed by atoms with Crippen molar-refractivity contribution < 1.29 is 27.8 Å². The lowest BCUT2D eigenvalue weighted by Crippen LogP contribution is -2.26. The lowest BCUT2D eigenvalue weighted by Gasteiger charge is -2.16. The first kappa shape index (κ1) is 22.2. The number of anilines is 3. The summed E-state index contributed by atoms with van der Waals surface area (Å²) in [6.07, 6.45) is 1.24. The van der Waals surface area contributed by atoms with Gasteiger partial charge in [-0.25, -0.2) is 0 Å². The second-order valence-electron chi connectivity index (χ2n) is 8.32. The zero-order chi connectivity index (χ0) is 29.7. The maximum Gasteiger partial charge on any atom is 0.273 e. The first-order valence-corrected chi connectivity index (χ1v) is 11.4. The highest BCUT2D eigenvalue weighted by Crippen LogP contribution is 2.38. The van der Waals surface area contributed by atoms with Gasteiger partial charge < -0.3 is 30.1 Å². The van der Waals surface area contributed by atoms with Crippen LogP contribution < -0.4 is 20.7 Å². The average Bonchev–Trinajstić information content (AvgIpc) is 3.67. The van der Waals surface area contributed by atoms with Gasteiger partial charge in [0.05, 0.1) is 36.7 Å². The maximum atomic E-state index is 12.7. The molecular weight excluding hydrogens is 494 g/mol. The summed E-state index contributed by atoms with van der Waals surface area (Å²) in [7, 11) is 2.90. The summed E-state index contributed by atoms with van der Waals surface area (Å²) < 4.78 is 33.1. The van der Waals surface area contributed by atoms with E-state index in [1.165, 1.54) is 25.1 Å². The molecule has 1 fully saturated rings. The molecule has 2 heterocycles. The Morgan fingerprint density at radius 1 is 1.29 bits per heavy atom. The second kappa shape index (κ2) is 11.3. The number of carbonyl (C=O) groups is 3. The molecule has 0 atom stereocenters. The van der Waals surface area contributed by atoms with E-state index in [4.69, 9.17) is 18.6 Å². The number of methoxy groups -OCH3 is 1. The van der Waals surface area contributed by atoms with Crippen molar-refractivity contribution in [3.63, 3.8) is 0 Å². The fraction of sp³-hybridized carbons (Fsp3) is 0.333. The Kier molecular flexibility index (Phi) is 6.61. The van der Waals surface area contributed by atoms with Gasteiger partial charge in [-0.15, -0.1) is 10.2 Å². The largest absolute Gasteiger partial charge is 0.494 e. The number of hydrogen-bond donors (Lipinski definition) is 3. The van der Waals surface area contributed by atoms with Crippen molar-refractivity contribution in [3.8, 4) is 23.3 Å². The molecule has 0 bridgehead atoms. The van der Waals surface area contributed by atoms with E-state index >= 15 is 0 Å². The highest BCUT2D eigenvalue weighted by Gasteiger charge is 2.30. The van der Waals surface area contributed by atoms with E-state index < -0.39 is 18.8 Å². The minimum absolute atomic E-state index is 0.00424. The molecule has 1 aliphatic rings. The van der Waals surface area contributed by atoms with E-state index in [0.717, 1.165) is 12.8 Å². The first-order chi connectivity index (χ1) is 19.5. The van der Waals surface area contributed by atoms with Crippen LogP contribution in [0.5, 0.6) is 5.75 Å². The average molecular weight is 523 g/mol. The number of amides is 3. The van der Waals surface area contributed by atoms with Gasteiger partial charge in [0.2, 0.25) is 11.8 Å². The number of nitrogens with zero attached hydrogens (tertiary/aromatic N) is 6. The second-order valence-corrected chi connectivity index (χ2v) is 8.32. The van der Waals surface area contributed by atoms with Crippen molar-refractivity contribution in [2.45, 2.75) is 25.8 Å². The third-order valence-electron chi connectivity index (χ3n) is 5.54. The molecule has 14 nitrogen and oxygen atoms in total. The van der Waals surface area contributed by atoms with E-state index in [0.29, 0.717) is 11.3 Å². The van der Waals surface area contributed by atoms with Gasteiger partial charge >= 0.3 is 0 Å². The summed E-state index contributed by atoms with van der Waals surface area (Å²) in [5, 5.41) is 27.9. The van der Waals surface area contributed by atoms with Gasteiger partial charge in [0.15, 0.2) is 23.1 Å². The first-order valence-electron chi connectivity index (χ1n) is 12.9. The van der Waals surface area contributed by atoms with Gasteiger partial charge in [-0.1, -0.05) is 11.2 Å². The van der Waals surface area contributed by atoms with Crippen LogP contribution in [0.3, 0.4) is 0 Å². The highest BCUT2D eigenvalue weighted by molar-refractivity contribution is 6.00. The molecular formula is C24H25N9O5. The Balaban J connectivity index is 1.65. The third kappa shape index (κ3) is 5.84. The normalized spacial score (nSPS) is 13.8. The van der Waals surface area contributed by atoms with Crippen molar-refractivity contribution in [1.29, 1.82) is 5.26 Å². The van der Waals surface area contributed by atoms with Gasteiger partial charge in [0.1, 0.15) is 6.42 Å². The molecule has 3 aromatic rings. The number of carbonyl (C=O) groups excluding carboxylic acids is 3. The molecule has 1 aromatic carbocycles. The molecule has 1 aliphatic carbocycles. The molecule has 0 unspecified atom stereocenters. The Bertz CT molecular complexity index is 1520. The fourth-order valence-electron chi connectivity index (χ4n) is 3.45. The quantitative estimate of drug-likeness (QED) is 0.352. The van der Waals surface area contributed by atoms with Crippen LogP contribution in [-0.4, -0.2) is 64.1 Å². The highest BCUT2D eigenvalue weighted by atomic mass is 16.5. The summed E-state index contributed by atoms with van der Waals surface area (Å²) >= 11 is 0.